The van der Waals surface area contributed by atoms with Gasteiger partial charge in [0, 0.05) is 6.54 Å². The van der Waals surface area contributed by atoms with E-state index in [1.165, 1.54) is 11.8 Å². The van der Waals surface area contributed by atoms with Gasteiger partial charge < -0.3 is 37.4 Å². The van der Waals surface area contributed by atoms with Crippen molar-refractivity contribution in [2.24, 2.45) is 11.5 Å². The Labute approximate surface area is 181 Å². The van der Waals surface area contributed by atoms with E-state index in [1.807, 2.05) is 6.07 Å². The summed E-state index contributed by atoms with van der Waals surface area (Å²) in [5.74, 6) is -2.07. The van der Waals surface area contributed by atoms with Crippen molar-refractivity contribution in [1.82, 2.24) is 20.9 Å². The van der Waals surface area contributed by atoms with Crippen LogP contribution in [0.4, 0.5) is 0 Å². The highest BCUT2D eigenvalue weighted by atomic mass is 16.3. The summed E-state index contributed by atoms with van der Waals surface area (Å²) >= 11 is 0. The standard InChI is InChI=1S/C19H33N7O5/c1-12(9-21)24-16(28)10-23-18(30)15-6-4-8-26(15)19(31)14(5-2-3-7-20)25-17(29)13(22)11-27/h12-15,27H,2-8,10-11,20,22H2,1H3,(H,23,30)(H,24,28)(H,25,29)/t12-,13-,14-,15-/m0/s1. The van der Waals surface area contributed by atoms with Crippen molar-refractivity contribution in [3.8, 4) is 6.07 Å². The van der Waals surface area contributed by atoms with Crippen LogP contribution in [0.5, 0.6) is 0 Å². The third-order valence-corrected chi connectivity index (χ3v) is 4.93. The summed E-state index contributed by atoms with van der Waals surface area (Å²) in [4.78, 5) is 50.9. The van der Waals surface area contributed by atoms with Crippen LogP contribution in [-0.4, -0.2) is 84.0 Å². The van der Waals surface area contributed by atoms with Crippen LogP contribution in [0.15, 0.2) is 0 Å². The van der Waals surface area contributed by atoms with E-state index < -0.39 is 54.4 Å². The zero-order valence-electron chi connectivity index (χ0n) is 17.8. The first-order valence-corrected chi connectivity index (χ1v) is 10.4. The van der Waals surface area contributed by atoms with Crippen LogP contribution < -0.4 is 27.4 Å². The predicted molar refractivity (Wildman–Crippen MR) is 111 cm³/mol. The van der Waals surface area contributed by atoms with Gasteiger partial charge in [-0.2, -0.15) is 5.26 Å². The topological polar surface area (TPSA) is 204 Å². The van der Waals surface area contributed by atoms with Gasteiger partial charge >= 0.3 is 0 Å². The van der Waals surface area contributed by atoms with Crippen LogP contribution in [-0.2, 0) is 19.2 Å². The van der Waals surface area contributed by atoms with Crippen molar-refractivity contribution in [3.63, 3.8) is 0 Å². The predicted octanol–water partition coefficient (Wildman–Crippen LogP) is -2.94. The first-order chi connectivity index (χ1) is 14.7. The van der Waals surface area contributed by atoms with Gasteiger partial charge in [0.05, 0.1) is 19.2 Å². The maximum absolute atomic E-state index is 13.1. The molecule has 0 unspecified atom stereocenters. The second-order valence-electron chi connectivity index (χ2n) is 7.46. The number of aliphatic hydroxyl groups is 1. The molecule has 0 aromatic rings. The minimum Gasteiger partial charge on any atom is -0.394 e. The maximum atomic E-state index is 13.1. The van der Waals surface area contributed by atoms with Gasteiger partial charge in [-0.25, -0.2) is 0 Å². The third-order valence-electron chi connectivity index (χ3n) is 4.93. The summed E-state index contributed by atoms with van der Waals surface area (Å²) in [6.07, 6.45) is 2.59. The second kappa shape index (κ2) is 13.5. The molecule has 0 bridgehead atoms. The minimum atomic E-state index is -1.16. The SMILES string of the molecule is C[C@@H](C#N)NC(=O)CNC(=O)[C@@H]1CCCN1C(=O)[C@H](CCCCN)NC(=O)[C@@H](N)CO. The fraction of sp³-hybridized carbons (Fsp3) is 0.737. The largest absolute Gasteiger partial charge is 0.394 e. The van der Waals surface area contributed by atoms with Crippen molar-refractivity contribution in [1.29, 1.82) is 5.26 Å². The average molecular weight is 440 g/mol. The van der Waals surface area contributed by atoms with Crippen LogP contribution in [0, 0.1) is 11.3 Å². The summed E-state index contributed by atoms with van der Waals surface area (Å²) in [7, 11) is 0. The van der Waals surface area contributed by atoms with Gasteiger partial charge in [-0.3, -0.25) is 19.2 Å². The summed E-state index contributed by atoms with van der Waals surface area (Å²) in [6.45, 7) is 1.41. The molecule has 1 heterocycles. The molecule has 4 amide bonds. The monoisotopic (exact) mass is 439 g/mol. The number of aliphatic hydroxyl groups excluding tert-OH is 1. The lowest BCUT2D eigenvalue weighted by Crippen LogP contribution is -2.56. The Bertz CT molecular complexity index is 681. The van der Waals surface area contributed by atoms with E-state index in [0.29, 0.717) is 45.2 Å². The third kappa shape index (κ3) is 8.49. The highest BCUT2D eigenvalue weighted by molar-refractivity contribution is 5.94. The highest BCUT2D eigenvalue weighted by Gasteiger charge is 2.37. The molecule has 0 spiro atoms. The molecule has 0 saturated carbocycles. The molecule has 1 saturated heterocycles. The molecule has 0 aromatic heterocycles. The second-order valence-corrected chi connectivity index (χ2v) is 7.46. The Balaban J connectivity index is 2.78. The van der Waals surface area contributed by atoms with E-state index in [-0.39, 0.29) is 6.54 Å². The molecule has 1 rings (SSSR count). The molecule has 8 N–H and O–H groups in total. The maximum Gasteiger partial charge on any atom is 0.245 e. The number of likely N-dealkylation sites (tertiary alicyclic amines) is 1. The molecule has 174 valence electrons. The molecule has 1 fully saturated rings. The Morgan fingerprint density at radius 3 is 2.58 bits per heavy atom. The number of hydrogen-bond acceptors (Lipinski definition) is 8. The van der Waals surface area contributed by atoms with Gasteiger partial charge in [0.25, 0.3) is 0 Å². The molecular formula is C19H33N7O5. The Morgan fingerprint density at radius 1 is 1.26 bits per heavy atom. The lowest BCUT2D eigenvalue weighted by atomic mass is 10.1. The van der Waals surface area contributed by atoms with Crippen molar-refractivity contribution in [3.05, 3.63) is 0 Å². The molecule has 31 heavy (non-hydrogen) atoms. The van der Waals surface area contributed by atoms with E-state index in [1.54, 1.807) is 0 Å². The zero-order chi connectivity index (χ0) is 23.4. The number of hydrogen-bond donors (Lipinski definition) is 6. The number of nitrogens with one attached hydrogen (secondary N) is 3. The van der Waals surface area contributed by atoms with Crippen molar-refractivity contribution in [2.75, 3.05) is 26.2 Å². The van der Waals surface area contributed by atoms with E-state index in [9.17, 15) is 19.2 Å². The number of carbonyl (C=O) groups is 4. The number of amides is 4. The van der Waals surface area contributed by atoms with Crippen LogP contribution in [0.1, 0.15) is 39.0 Å². The molecular weight excluding hydrogens is 406 g/mol. The van der Waals surface area contributed by atoms with Gasteiger partial charge in [-0.05, 0) is 45.6 Å². The molecule has 12 nitrogen and oxygen atoms in total. The fourth-order valence-corrected chi connectivity index (χ4v) is 3.23. The van der Waals surface area contributed by atoms with Gasteiger partial charge in [-0.15, -0.1) is 0 Å². The molecule has 0 radical (unpaired) electrons. The highest BCUT2D eigenvalue weighted by Crippen LogP contribution is 2.20. The van der Waals surface area contributed by atoms with Gasteiger partial charge in [0.2, 0.25) is 23.6 Å². The number of carbonyl (C=O) groups excluding carboxylic acids is 4. The van der Waals surface area contributed by atoms with E-state index in [0.717, 1.165) is 0 Å². The van der Waals surface area contributed by atoms with Crippen molar-refractivity contribution < 1.29 is 24.3 Å². The van der Waals surface area contributed by atoms with E-state index in [4.69, 9.17) is 21.8 Å². The molecule has 1 aliphatic rings. The van der Waals surface area contributed by atoms with Crippen molar-refractivity contribution in [2.45, 2.75) is 63.2 Å². The van der Waals surface area contributed by atoms with Crippen LogP contribution in [0.25, 0.3) is 0 Å². The summed E-state index contributed by atoms with van der Waals surface area (Å²) in [6, 6.07) is -1.65. The molecule has 0 aromatic carbocycles. The Hall–Kier alpha value is -2.75. The number of unbranched alkanes of at least 4 members (excludes halogenated alkanes) is 1. The zero-order valence-corrected chi connectivity index (χ0v) is 17.8. The number of nitriles is 1. The van der Waals surface area contributed by atoms with Crippen LogP contribution >= 0.6 is 0 Å². The van der Waals surface area contributed by atoms with Gasteiger partial charge in [0.1, 0.15) is 24.2 Å². The lowest BCUT2D eigenvalue weighted by molar-refractivity contribution is -0.142. The number of nitrogens with zero attached hydrogens (tertiary/aromatic N) is 2. The smallest absolute Gasteiger partial charge is 0.245 e. The average Bonchev–Trinajstić information content (AvgIpc) is 3.25. The first kappa shape index (κ1) is 26.3. The molecule has 12 heteroatoms. The lowest BCUT2D eigenvalue weighted by Gasteiger charge is -2.29. The molecule has 4 atom stereocenters. The minimum absolute atomic E-state index is 0.314. The van der Waals surface area contributed by atoms with Crippen LogP contribution in [0.3, 0.4) is 0 Å². The normalized spacial score (nSPS) is 18.4. The van der Waals surface area contributed by atoms with Gasteiger partial charge in [0.15, 0.2) is 0 Å². The first-order valence-electron chi connectivity index (χ1n) is 10.4. The summed E-state index contributed by atoms with van der Waals surface area (Å²) < 4.78 is 0. The summed E-state index contributed by atoms with van der Waals surface area (Å²) in [5, 5.41) is 25.2. The van der Waals surface area contributed by atoms with Crippen molar-refractivity contribution >= 4 is 23.6 Å². The molecule has 1 aliphatic heterocycles. The molecule has 0 aliphatic carbocycles. The Morgan fingerprint density at radius 2 is 1.97 bits per heavy atom. The number of rotatable bonds is 12. The fourth-order valence-electron chi connectivity index (χ4n) is 3.23. The number of nitrogens with two attached hydrogens (primary N) is 2. The summed E-state index contributed by atoms with van der Waals surface area (Å²) in [5.41, 5.74) is 11.0. The quantitative estimate of drug-likeness (QED) is 0.173. The van der Waals surface area contributed by atoms with E-state index >= 15 is 0 Å². The van der Waals surface area contributed by atoms with Crippen LogP contribution in [0.2, 0.25) is 0 Å². The van der Waals surface area contributed by atoms with E-state index in [2.05, 4.69) is 16.0 Å². The Kier molecular flexibility index (Phi) is 11.5. The van der Waals surface area contributed by atoms with Gasteiger partial charge in [-0.1, -0.05) is 0 Å².